The summed E-state index contributed by atoms with van der Waals surface area (Å²) in [6, 6.07) is -1.47. The van der Waals surface area contributed by atoms with E-state index in [0.717, 1.165) is 0 Å². The van der Waals surface area contributed by atoms with Gasteiger partial charge in [0, 0.05) is 13.7 Å². The van der Waals surface area contributed by atoms with Crippen LogP contribution in [-0.4, -0.2) is 51.0 Å². The zero-order chi connectivity index (χ0) is 11.2. The summed E-state index contributed by atoms with van der Waals surface area (Å²) in [6.07, 6.45) is -4.30. The molecule has 0 amide bonds. The summed E-state index contributed by atoms with van der Waals surface area (Å²) < 4.78 is 42.1. The summed E-state index contributed by atoms with van der Waals surface area (Å²) >= 11 is 0. The molecule has 0 aromatic carbocycles. The van der Waals surface area contributed by atoms with Gasteiger partial charge in [-0.25, -0.2) is 0 Å². The lowest BCUT2D eigenvalue weighted by Gasteiger charge is -2.29. The van der Waals surface area contributed by atoms with E-state index < -0.39 is 12.2 Å². The van der Waals surface area contributed by atoms with E-state index in [1.807, 2.05) is 0 Å². The first-order valence-corrected chi connectivity index (χ1v) is 4.39. The standard InChI is InChI=1S/C8H17F3N2O/c1-13(5-6-14-2)7(3-4-12)8(9,10)11/h7H,3-6,12H2,1-2H3. The van der Waals surface area contributed by atoms with Gasteiger partial charge in [-0.15, -0.1) is 0 Å². The SMILES string of the molecule is COCCN(C)C(CCN)C(F)(F)F. The molecule has 0 aliphatic heterocycles. The van der Waals surface area contributed by atoms with E-state index in [1.165, 1.54) is 19.1 Å². The molecule has 0 spiro atoms. The van der Waals surface area contributed by atoms with Gasteiger partial charge in [0.1, 0.15) is 6.04 Å². The molecule has 0 saturated carbocycles. The van der Waals surface area contributed by atoms with Gasteiger partial charge < -0.3 is 10.5 Å². The van der Waals surface area contributed by atoms with Crippen LogP contribution in [0.5, 0.6) is 0 Å². The lowest BCUT2D eigenvalue weighted by Crippen LogP contribution is -2.45. The third kappa shape index (κ3) is 4.78. The second-order valence-electron chi connectivity index (χ2n) is 3.11. The molecule has 6 heteroatoms. The van der Waals surface area contributed by atoms with Crippen molar-refractivity contribution in [2.24, 2.45) is 5.73 Å². The van der Waals surface area contributed by atoms with Crippen molar-refractivity contribution in [1.29, 1.82) is 0 Å². The van der Waals surface area contributed by atoms with Gasteiger partial charge in [0.15, 0.2) is 0 Å². The van der Waals surface area contributed by atoms with E-state index in [9.17, 15) is 13.2 Å². The van der Waals surface area contributed by atoms with Crippen molar-refractivity contribution in [2.75, 3.05) is 33.9 Å². The third-order valence-corrected chi connectivity index (χ3v) is 2.00. The molecule has 0 bridgehead atoms. The van der Waals surface area contributed by atoms with E-state index in [4.69, 9.17) is 10.5 Å². The molecule has 1 unspecified atom stereocenters. The van der Waals surface area contributed by atoms with E-state index in [0.29, 0.717) is 0 Å². The Labute approximate surface area is 82.0 Å². The van der Waals surface area contributed by atoms with Gasteiger partial charge in [-0.05, 0) is 20.0 Å². The number of nitrogens with zero attached hydrogens (tertiary/aromatic N) is 1. The summed E-state index contributed by atoms with van der Waals surface area (Å²) in [7, 11) is 2.88. The number of hydrogen-bond donors (Lipinski definition) is 1. The van der Waals surface area contributed by atoms with Crippen molar-refractivity contribution in [3.8, 4) is 0 Å². The van der Waals surface area contributed by atoms with Gasteiger partial charge in [-0.2, -0.15) is 13.2 Å². The molecule has 0 aliphatic carbocycles. The fraction of sp³-hybridized carbons (Fsp3) is 1.00. The minimum atomic E-state index is -4.22. The molecule has 0 aromatic rings. The Morgan fingerprint density at radius 3 is 2.36 bits per heavy atom. The highest BCUT2D eigenvalue weighted by molar-refractivity contribution is 4.76. The Hall–Kier alpha value is -0.330. The number of nitrogens with two attached hydrogens (primary N) is 1. The van der Waals surface area contributed by atoms with Gasteiger partial charge in [0.2, 0.25) is 0 Å². The Morgan fingerprint density at radius 2 is 2.00 bits per heavy atom. The van der Waals surface area contributed by atoms with Crippen molar-refractivity contribution in [3.63, 3.8) is 0 Å². The predicted octanol–water partition coefficient (Wildman–Crippen LogP) is 0.844. The summed E-state index contributed by atoms with van der Waals surface area (Å²) in [4.78, 5) is 1.22. The van der Waals surface area contributed by atoms with Crippen molar-refractivity contribution < 1.29 is 17.9 Å². The first kappa shape index (κ1) is 13.7. The lowest BCUT2D eigenvalue weighted by atomic mass is 10.2. The predicted molar refractivity (Wildman–Crippen MR) is 48.0 cm³/mol. The van der Waals surface area contributed by atoms with Crippen molar-refractivity contribution in [1.82, 2.24) is 4.90 Å². The zero-order valence-corrected chi connectivity index (χ0v) is 8.47. The molecule has 3 nitrogen and oxygen atoms in total. The number of hydrogen-bond acceptors (Lipinski definition) is 3. The fourth-order valence-electron chi connectivity index (χ4n) is 1.18. The molecule has 1 atom stereocenters. The van der Waals surface area contributed by atoms with Gasteiger partial charge in [0.05, 0.1) is 6.61 Å². The number of likely N-dealkylation sites (N-methyl/N-ethyl adjacent to an activating group) is 1. The number of alkyl halides is 3. The van der Waals surface area contributed by atoms with Crippen LogP contribution in [0.3, 0.4) is 0 Å². The maximum Gasteiger partial charge on any atom is 0.404 e. The van der Waals surface area contributed by atoms with Crippen LogP contribution in [0.2, 0.25) is 0 Å². The van der Waals surface area contributed by atoms with Crippen LogP contribution in [-0.2, 0) is 4.74 Å². The molecule has 0 fully saturated rings. The van der Waals surface area contributed by atoms with Crippen LogP contribution < -0.4 is 5.73 Å². The average Bonchev–Trinajstić information content (AvgIpc) is 2.08. The Kier molecular flexibility index (Phi) is 6.06. The summed E-state index contributed by atoms with van der Waals surface area (Å²) in [5, 5.41) is 0. The normalized spacial score (nSPS) is 14.8. The number of rotatable bonds is 6. The van der Waals surface area contributed by atoms with Crippen LogP contribution in [0.4, 0.5) is 13.2 Å². The van der Waals surface area contributed by atoms with Crippen molar-refractivity contribution >= 4 is 0 Å². The molecule has 0 heterocycles. The molecule has 14 heavy (non-hydrogen) atoms. The molecule has 0 rings (SSSR count). The first-order valence-electron chi connectivity index (χ1n) is 4.39. The van der Waals surface area contributed by atoms with Crippen LogP contribution in [0.25, 0.3) is 0 Å². The highest BCUT2D eigenvalue weighted by Gasteiger charge is 2.41. The molecular formula is C8H17F3N2O. The summed E-state index contributed by atoms with van der Waals surface area (Å²) in [6.45, 7) is 0.565. The minimum absolute atomic E-state index is 0.0293. The van der Waals surface area contributed by atoms with Crippen LogP contribution >= 0.6 is 0 Å². The lowest BCUT2D eigenvalue weighted by molar-refractivity contribution is -0.182. The van der Waals surface area contributed by atoms with E-state index >= 15 is 0 Å². The van der Waals surface area contributed by atoms with Gasteiger partial charge in [-0.1, -0.05) is 0 Å². The van der Waals surface area contributed by atoms with Crippen molar-refractivity contribution in [3.05, 3.63) is 0 Å². The van der Waals surface area contributed by atoms with E-state index in [1.54, 1.807) is 0 Å². The quantitative estimate of drug-likeness (QED) is 0.712. The fourth-order valence-corrected chi connectivity index (χ4v) is 1.18. The largest absolute Gasteiger partial charge is 0.404 e. The number of ether oxygens (including phenoxy) is 1. The van der Waals surface area contributed by atoms with Crippen LogP contribution in [0.15, 0.2) is 0 Å². The highest BCUT2D eigenvalue weighted by atomic mass is 19.4. The zero-order valence-electron chi connectivity index (χ0n) is 8.47. The maximum atomic E-state index is 12.4. The van der Waals surface area contributed by atoms with Gasteiger partial charge in [-0.3, -0.25) is 4.90 Å². The van der Waals surface area contributed by atoms with E-state index in [-0.39, 0.29) is 26.1 Å². The van der Waals surface area contributed by atoms with Crippen molar-refractivity contribution in [2.45, 2.75) is 18.6 Å². The molecular weight excluding hydrogens is 197 g/mol. The molecule has 0 aliphatic rings. The topological polar surface area (TPSA) is 38.5 Å². The smallest absolute Gasteiger partial charge is 0.383 e. The number of methoxy groups -OCH3 is 1. The summed E-state index contributed by atoms with van der Waals surface area (Å²) in [5.74, 6) is 0. The molecule has 0 saturated heterocycles. The van der Waals surface area contributed by atoms with E-state index in [2.05, 4.69) is 0 Å². The molecule has 0 aromatic heterocycles. The highest BCUT2D eigenvalue weighted by Crippen LogP contribution is 2.25. The summed E-state index contributed by atoms with van der Waals surface area (Å²) in [5.41, 5.74) is 5.13. The minimum Gasteiger partial charge on any atom is -0.383 e. The monoisotopic (exact) mass is 214 g/mol. The first-order chi connectivity index (χ1) is 6.43. The second kappa shape index (κ2) is 6.21. The Morgan fingerprint density at radius 1 is 1.43 bits per heavy atom. The van der Waals surface area contributed by atoms with Crippen LogP contribution in [0, 0.1) is 0 Å². The van der Waals surface area contributed by atoms with Crippen LogP contribution in [0.1, 0.15) is 6.42 Å². The average molecular weight is 214 g/mol. The second-order valence-corrected chi connectivity index (χ2v) is 3.11. The Balaban J connectivity index is 4.18. The van der Waals surface area contributed by atoms with Gasteiger partial charge >= 0.3 is 6.18 Å². The molecule has 86 valence electrons. The van der Waals surface area contributed by atoms with Gasteiger partial charge in [0.25, 0.3) is 0 Å². The maximum absolute atomic E-state index is 12.4. The number of halogens is 3. The molecule has 2 N–H and O–H groups in total. The molecule has 0 radical (unpaired) electrons. The third-order valence-electron chi connectivity index (χ3n) is 2.00. The Bertz CT molecular complexity index is 152.